The van der Waals surface area contributed by atoms with Gasteiger partial charge in [0.15, 0.2) is 0 Å². The normalized spacial score (nSPS) is 11.6. The number of hydrogen-bond acceptors (Lipinski definition) is 6. The molecule has 0 saturated carbocycles. The summed E-state index contributed by atoms with van der Waals surface area (Å²) in [5.74, 6) is -0.683. The third-order valence-corrected chi connectivity index (χ3v) is 7.23. The number of rotatable bonds is 7. The van der Waals surface area contributed by atoms with Gasteiger partial charge >= 0.3 is 5.97 Å². The van der Waals surface area contributed by atoms with Gasteiger partial charge in [-0.3, -0.25) is 4.79 Å². The van der Waals surface area contributed by atoms with Crippen LogP contribution in [0.1, 0.15) is 5.69 Å². The number of likely N-dealkylation sites (N-methyl/N-ethyl adjacent to an activating group) is 1. The van der Waals surface area contributed by atoms with Crippen LogP contribution < -0.4 is 0 Å². The molecule has 0 aliphatic rings. The van der Waals surface area contributed by atoms with Crippen LogP contribution in [0.5, 0.6) is 0 Å². The summed E-state index contributed by atoms with van der Waals surface area (Å²) in [7, 11) is -2.52. The Bertz CT molecular complexity index is 1120. The number of thiazole rings is 1. The molecule has 152 valence electrons. The molecule has 10 heteroatoms. The van der Waals surface area contributed by atoms with Gasteiger partial charge in [0, 0.05) is 23.0 Å². The van der Waals surface area contributed by atoms with Crippen LogP contribution in [0.15, 0.2) is 58.8 Å². The Morgan fingerprint density at radius 2 is 1.83 bits per heavy atom. The van der Waals surface area contributed by atoms with Gasteiger partial charge in [0.25, 0.3) is 0 Å². The lowest BCUT2D eigenvalue weighted by Crippen LogP contribution is -2.33. The number of benzene rings is 2. The predicted octanol–water partition coefficient (Wildman–Crippen LogP) is 4.48. The smallest absolute Gasteiger partial charge is 0.321 e. The van der Waals surface area contributed by atoms with E-state index in [4.69, 9.17) is 27.9 Å². The zero-order valence-corrected chi connectivity index (χ0v) is 18.4. The number of aromatic nitrogens is 1. The molecule has 0 radical (unpaired) electrons. The third-order valence-electron chi connectivity index (χ3n) is 3.91. The van der Waals surface area contributed by atoms with Crippen molar-refractivity contribution in [3.8, 4) is 10.6 Å². The number of nitrogens with zero attached hydrogens (tertiary/aromatic N) is 2. The molecule has 3 aromatic rings. The van der Waals surface area contributed by atoms with Crippen LogP contribution in [0, 0.1) is 0 Å². The van der Waals surface area contributed by atoms with Crippen molar-refractivity contribution in [2.45, 2.75) is 11.5 Å². The summed E-state index contributed by atoms with van der Waals surface area (Å²) in [4.78, 5) is 16.5. The maximum absolute atomic E-state index is 12.5. The molecule has 3 rings (SSSR count). The van der Waals surface area contributed by atoms with Gasteiger partial charge in [-0.2, -0.15) is 4.31 Å². The molecule has 0 spiro atoms. The lowest BCUT2D eigenvalue weighted by atomic mass is 10.2. The van der Waals surface area contributed by atoms with E-state index in [9.17, 15) is 13.2 Å². The summed E-state index contributed by atoms with van der Waals surface area (Å²) < 4.78 is 31.1. The third kappa shape index (κ3) is 5.34. The number of hydrogen-bond donors (Lipinski definition) is 0. The predicted molar refractivity (Wildman–Crippen MR) is 114 cm³/mol. The highest BCUT2D eigenvalue weighted by Crippen LogP contribution is 2.30. The Balaban J connectivity index is 1.59. The van der Waals surface area contributed by atoms with Crippen LogP contribution in [-0.4, -0.2) is 37.3 Å². The molecule has 0 aliphatic heterocycles. The summed E-state index contributed by atoms with van der Waals surface area (Å²) in [6.45, 7) is -0.485. The first-order valence-corrected chi connectivity index (χ1v) is 11.4. The minimum absolute atomic E-state index is 0.0427. The van der Waals surface area contributed by atoms with E-state index in [0.29, 0.717) is 20.7 Å². The molecule has 0 fully saturated rings. The highest BCUT2D eigenvalue weighted by Gasteiger charge is 2.23. The van der Waals surface area contributed by atoms with E-state index in [1.165, 1.54) is 42.6 Å². The summed E-state index contributed by atoms with van der Waals surface area (Å²) in [5.41, 5.74) is 1.35. The Morgan fingerprint density at radius 1 is 1.14 bits per heavy atom. The van der Waals surface area contributed by atoms with Crippen molar-refractivity contribution >= 4 is 50.5 Å². The highest BCUT2D eigenvalue weighted by atomic mass is 35.5. The number of halogens is 2. The van der Waals surface area contributed by atoms with E-state index in [1.54, 1.807) is 11.4 Å². The van der Waals surface area contributed by atoms with Gasteiger partial charge in [-0.05, 0) is 30.3 Å². The largest absolute Gasteiger partial charge is 0.458 e. The summed E-state index contributed by atoms with van der Waals surface area (Å²) in [6, 6.07) is 13.0. The molecule has 1 aromatic heterocycles. The Morgan fingerprint density at radius 3 is 2.52 bits per heavy atom. The van der Waals surface area contributed by atoms with Gasteiger partial charge in [-0.25, -0.2) is 13.4 Å². The first-order valence-electron chi connectivity index (χ1n) is 8.34. The van der Waals surface area contributed by atoms with Crippen molar-refractivity contribution in [1.82, 2.24) is 9.29 Å². The standard InChI is InChI=1S/C19H16Cl2N2O4S2/c1-23(29(25,26)15-8-6-13(20)7-9-15)10-18(24)27-11-14-12-28-19(22-14)16-4-2-3-5-17(16)21/h2-9,12H,10-11H2,1H3. The molecule has 0 unspecified atom stereocenters. The maximum atomic E-state index is 12.5. The lowest BCUT2D eigenvalue weighted by molar-refractivity contribution is -0.145. The lowest BCUT2D eigenvalue weighted by Gasteiger charge is -2.16. The Hall–Kier alpha value is -1.97. The van der Waals surface area contributed by atoms with Crippen LogP contribution in [-0.2, 0) is 26.2 Å². The van der Waals surface area contributed by atoms with Gasteiger partial charge in [0.2, 0.25) is 10.0 Å². The average Bonchev–Trinajstić information content (AvgIpc) is 3.16. The fraction of sp³-hybridized carbons (Fsp3) is 0.158. The number of sulfonamides is 1. The minimum atomic E-state index is -3.82. The van der Waals surface area contributed by atoms with E-state index in [0.717, 1.165) is 9.87 Å². The summed E-state index contributed by atoms with van der Waals surface area (Å²) >= 11 is 13.3. The number of carbonyl (C=O) groups is 1. The first kappa shape index (κ1) is 21.7. The Kier molecular flexibility index (Phi) is 6.92. The number of ether oxygens (including phenoxy) is 1. The summed E-state index contributed by atoms with van der Waals surface area (Å²) in [5, 5.41) is 3.48. The number of carbonyl (C=O) groups excluding carboxylic acids is 1. The van der Waals surface area contributed by atoms with Crippen molar-refractivity contribution in [3.05, 3.63) is 69.7 Å². The molecular formula is C19H16Cl2N2O4S2. The minimum Gasteiger partial charge on any atom is -0.458 e. The van der Waals surface area contributed by atoms with Gasteiger partial charge in [0.1, 0.15) is 18.2 Å². The molecule has 0 atom stereocenters. The molecule has 0 N–H and O–H groups in total. The quantitative estimate of drug-likeness (QED) is 0.475. The van der Waals surface area contributed by atoms with Crippen molar-refractivity contribution in [2.75, 3.05) is 13.6 Å². The van der Waals surface area contributed by atoms with E-state index < -0.39 is 22.5 Å². The van der Waals surface area contributed by atoms with Crippen molar-refractivity contribution in [3.63, 3.8) is 0 Å². The van der Waals surface area contributed by atoms with E-state index in [1.807, 2.05) is 18.2 Å². The first-order chi connectivity index (χ1) is 13.8. The van der Waals surface area contributed by atoms with Crippen molar-refractivity contribution in [2.24, 2.45) is 0 Å². The summed E-state index contributed by atoms with van der Waals surface area (Å²) in [6.07, 6.45) is 0. The molecule has 6 nitrogen and oxygen atoms in total. The molecule has 0 saturated heterocycles. The van der Waals surface area contributed by atoms with Crippen molar-refractivity contribution < 1.29 is 17.9 Å². The van der Waals surface area contributed by atoms with Gasteiger partial charge in [-0.1, -0.05) is 41.4 Å². The molecule has 2 aromatic carbocycles. The fourth-order valence-corrected chi connectivity index (χ4v) is 4.75. The SMILES string of the molecule is CN(CC(=O)OCc1csc(-c2ccccc2Cl)n1)S(=O)(=O)c1ccc(Cl)cc1. The molecular weight excluding hydrogens is 455 g/mol. The van der Waals surface area contributed by atoms with Crippen LogP contribution in [0.2, 0.25) is 10.0 Å². The van der Waals surface area contributed by atoms with Crippen LogP contribution in [0.4, 0.5) is 0 Å². The van der Waals surface area contributed by atoms with E-state index in [2.05, 4.69) is 4.98 Å². The second kappa shape index (κ2) is 9.23. The van der Waals surface area contributed by atoms with Gasteiger partial charge < -0.3 is 4.74 Å². The zero-order chi connectivity index (χ0) is 21.0. The van der Waals surface area contributed by atoms with Gasteiger partial charge in [0.05, 0.1) is 15.6 Å². The van der Waals surface area contributed by atoms with E-state index in [-0.39, 0.29) is 11.5 Å². The fourth-order valence-electron chi connectivity index (χ4n) is 2.38. The average molecular weight is 471 g/mol. The number of esters is 1. The maximum Gasteiger partial charge on any atom is 0.321 e. The van der Waals surface area contributed by atoms with Crippen molar-refractivity contribution in [1.29, 1.82) is 0 Å². The van der Waals surface area contributed by atoms with Crippen LogP contribution in [0.25, 0.3) is 10.6 Å². The second-order valence-corrected chi connectivity index (χ2v) is 9.75. The second-order valence-electron chi connectivity index (χ2n) is 6.00. The molecule has 29 heavy (non-hydrogen) atoms. The molecule has 1 heterocycles. The van der Waals surface area contributed by atoms with E-state index >= 15 is 0 Å². The topological polar surface area (TPSA) is 76.6 Å². The molecule has 0 amide bonds. The van der Waals surface area contributed by atoms with Crippen LogP contribution in [0.3, 0.4) is 0 Å². The van der Waals surface area contributed by atoms with Crippen LogP contribution >= 0.6 is 34.5 Å². The monoisotopic (exact) mass is 470 g/mol. The van der Waals surface area contributed by atoms with Gasteiger partial charge in [-0.15, -0.1) is 11.3 Å². The molecule has 0 bridgehead atoms. The Labute approximate surface area is 182 Å². The zero-order valence-electron chi connectivity index (χ0n) is 15.2. The molecule has 0 aliphatic carbocycles. The highest BCUT2D eigenvalue weighted by molar-refractivity contribution is 7.89.